The zero-order valence-corrected chi connectivity index (χ0v) is 7.14. The van der Waals surface area contributed by atoms with Crippen LogP contribution >= 0.6 is 22.6 Å². The molecule has 2 N–H and O–H groups in total. The number of alkyl halides is 2. The van der Waals surface area contributed by atoms with Crippen molar-refractivity contribution in [2.45, 2.75) is 0 Å². The summed E-state index contributed by atoms with van der Waals surface area (Å²) in [5.41, 5.74) is -0.902. The Labute approximate surface area is 67.2 Å². The van der Waals surface area contributed by atoms with E-state index in [-0.39, 0.29) is 13.2 Å². The molecule has 0 amide bonds. The Morgan fingerprint density at radius 1 is 1.33 bits per heavy atom. The van der Waals surface area contributed by atoms with Gasteiger partial charge in [0.1, 0.15) is 6.67 Å². The van der Waals surface area contributed by atoms with Gasteiger partial charge in [-0.2, -0.15) is 0 Å². The van der Waals surface area contributed by atoms with Crippen molar-refractivity contribution >= 4 is 22.6 Å². The van der Waals surface area contributed by atoms with Crippen LogP contribution in [0.1, 0.15) is 0 Å². The molecule has 0 heterocycles. The molecule has 0 aromatic heterocycles. The van der Waals surface area contributed by atoms with E-state index in [9.17, 15) is 4.39 Å². The van der Waals surface area contributed by atoms with Crippen molar-refractivity contribution in [1.82, 2.24) is 0 Å². The minimum absolute atomic E-state index is 0.289. The topological polar surface area (TPSA) is 40.5 Å². The Morgan fingerprint density at radius 3 is 1.78 bits per heavy atom. The first-order chi connectivity index (χ1) is 4.24. The minimum atomic E-state index is -0.902. The molecule has 0 aliphatic rings. The predicted octanol–water partition coefficient (Wildman–Crippen LogP) is 0.362. The lowest BCUT2D eigenvalue weighted by atomic mass is 9.95. The molecule has 0 unspecified atom stereocenters. The molecule has 2 nitrogen and oxygen atoms in total. The summed E-state index contributed by atoms with van der Waals surface area (Å²) < 4.78 is 12.4. The number of rotatable bonds is 4. The van der Waals surface area contributed by atoms with Crippen LogP contribution in [0.2, 0.25) is 0 Å². The average molecular weight is 248 g/mol. The lowest BCUT2D eigenvalue weighted by Gasteiger charge is -2.22. The van der Waals surface area contributed by atoms with Crippen LogP contribution in [0.4, 0.5) is 4.39 Å². The third-order valence-corrected chi connectivity index (χ3v) is 2.86. The van der Waals surface area contributed by atoms with E-state index in [1.165, 1.54) is 0 Å². The predicted molar refractivity (Wildman–Crippen MR) is 41.5 cm³/mol. The Morgan fingerprint density at radius 2 is 1.78 bits per heavy atom. The Hall–Kier alpha value is 0.580. The molecule has 0 aliphatic carbocycles. The molecule has 9 heavy (non-hydrogen) atoms. The third kappa shape index (κ3) is 2.35. The van der Waals surface area contributed by atoms with Crippen molar-refractivity contribution in [3.63, 3.8) is 0 Å². The average Bonchev–Trinajstić information content (AvgIpc) is 1.95. The second kappa shape index (κ2) is 4.40. The summed E-state index contributed by atoms with van der Waals surface area (Å²) in [6.45, 7) is -1.24. The number of aliphatic hydroxyl groups excluding tert-OH is 2. The highest BCUT2D eigenvalue weighted by molar-refractivity contribution is 14.1. The van der Waals surface area contributed by atoms with Crippen LogP contribution in [0.3, 0.4) is 0 Å². The quantitative estimate of drug-likeness (QED) is 0.557. The van der Waals surface area contributed by atoms with Crippen LogP contribution < -0.4 is 0 Å². The van der Waals surface area contributed by atoms with Crippen LogP contribution in [-0.4, -0.2) is 34.5 Å². The smallest absolute Gasteiger partial charge is 0.100 e. The standard InChI is InChI=1S/C5H10FIO2/c6-1-5(2-7,3-8)4-9/h8-9H,1-4H2. The largest absolute Gasteiger partial charge is 0.396 e. The molecular weight excluding hydrogens is 238 g/mol. The molecule has 0 spiro atoms. The fraction of sp³-hybridized carbons (Fsp3) is 1.00. The van der Waals surface area contributed by atoms with Crippen LogP contribution in [0.25, 0.3) is 0 Å². The van der Waals surface area contributed by atoms with Crippen LogP contribution in [-0.2, 0) is 0 Å². The maximum absolute atomic E-state index is 12.0. The number of hydrogen-bond donors (Lipinski definition) is 2. The maximum Gasteiger partial charge on any atom is 0.100 e. The Balaban J connectivity index is 3.82. The summed E-state index contributed by atoms with van der Waals surface area (Å²) in [7, 11) is 0. The lowest BCUT2D eigenvalue weighted by molar-refractivity contribution is 0.0547. The van der Waals surface area contributed by atoms with E-state index in [0.29, 0.717) is 4.43 Å². The van der Waals surface area contributed by atoms with Gasteiger partial charge in [-0.3, -0.25) is 4.39 Å². The van der Waals surface area contributed by atoms with Crippen molar-refractivity contribution in [2.24, 2.45) is 5.41 Å². The zero-order chi connectivity index (χ0) is 7.33. The summed E-state index contributed by atoms with van der Waals surface area (Å²) in [6.07, 6.45) is 0. The zero-order valence-electron chi connectivity index (χ0n) is 4.98. The first-order valence-electron chi connectivity index (χ1n) is 2.58. The summed E-state index contributed by atoms with van der Waals surface area (Å²) in [5, 5.41) is 17.1. The van der Waals surface area contributed by atoms with E-state index < -0.39 is 12.1 Å². The summed E-state index contributed by atoms with van der Waals surface area (Å²) in [6, 6.07) is 0. The van der Waals surface area contributed by atoms with Gasteiger partial charge in [0, 0.05) is 4.43 Å². The number of halogens is 2. The molecule has 0 aromatic carbocycles. The molecule has 0 radical (unpaired) electrons. The highest BCUT2D eigenvalue weighted by Crippen LogP contribution is 2.19. The molecule has 0 bridgehead atoms. The van der Waals surface area contributed by atoms with Crippen LogP contribution in [0, 0.1) is 5.41 Å². The van der Waals surface area contributed by atoms with Gasteiger partial charge in [0.25, 0.3) is 0 Å². The summed E-state index contributed by atoms with van der Waals surface area (Å²) in [4.78, 5) is 0. The van der Waals surface area contributed by atoms with Gasteiger partial charge in [0.05, 0.1) is 18.6 Å². The minimum Gasteiger partial charge on any atom is -0.396 e. The highest BCUT2D eigenvalue weighted by Gasteiger charge is 2.27. The second-order valence-corrected chi connectivity index (χ2v) is 2.85. The molecule has 4 heteroatoms. The maximum atomic E-state index is 12.0. The van der Waals surface area contributed by atoms with E-state index in [2.05, 4.69) is 0 Å². The van der Waals surface area contributed by atoms with Gasteiger partial charge in [0.15, 0.2) is 0 Å². The van der Waals surface area contributed by atoms with Crippen LogP contribution in [0.5, 0.6) is 0 Å². The third-order valence-electron chi connectivity index (χ3n) is 1.24. The monoisotopic (exact) mass is 248 g/mol. The van der Waals surface area contributed by atoms with E-state index >= 15 is 0 Å². The van der Waals surface area contributed by atoms with Crippen LogP contribution in [0.15, 0.2) is 0 Å². The van der Waals surface area contributed by atoms with Crippen molar-refractivity contribution in [2.75, 3.05) is 24.3 Å². The van der Waals surface area contributed by atoms with Crippen molar-refractivity contribution in [1.29, 1.82) is 0 Å². The first kappa shape index (κ1) is 9.58. The number of hydrogen-bond acceptors (Lipinski definition) is 2. The van der Waals surface area contributed by atoms with Gasteiger partial charge in [-0.1, -0.05) is 22.6 Å². The highest BCUT2D eigenvalue weighted by atomic mass is 127. The molecule has 0 rings (SSSR count). The summed E-state index contributed by atoms with van der Waals surface area (Å²) >= 11 is 1.94. The van der Waals surface area contributed by atoms with Crippen molar-refractivity contribution in [3.8, 4) is 0 Å². The van der Waals surface area contributed by atoms with E-state index in [4.69, 9.17) is 10.2 Å². The Bertz CT molecular complexity index is 57.8. The van der Waals surface area contributed by atoms with Gasteiger partial charge >= 0.3 is 0 Å². The summed E-state index contributed by atoms with van der Waals surface area (Å²) in [5.74, 6) is 0. The SMILES string of the molecule is OCC(CO)(CF)CI. The lowest BCUT2D eigenvalue weighted by Crippen LogP contribution is -2.33. The second-order valence-electron chi connectivity index (χ2n) is 2.08. The molecule has 56 valence electrons. The van der Waals surface area contributed by atoms with E-state index in [1.807, 2.05) is 22.6 Å². The fourth-order valence-electron chi connectivity index (χ4n) is 0.255. The van der Waals surface area contributed by atoms with Gasteiger partial charge < -0.3 is 10.2 Å². The normalized spacial score (nSPS) is 12.0. The molecule has 0 aromatic rings. The van der Waals surface area contributed by atoms with E-state index in [0.717, 1.165) is 0 Å². The molecular formula is C5H10FIO2. The Kier molecular flexibility index (Phi) is 4.69. The van der Waals surface area contributed by atoms with Gasteiger partial charge in [-0.25, -0.2) is 0 Å². The molecule has 0 saturated heterocycles. The fourth-order valence-corrected chi connectivity index (χ4v) is 0.941. The van der Waals surface area contributed by atoms with E-state index in [1.54, 1.807) is 0 Å². The first-order valence-corrected chi connectivity index (χ1v) is 4.11. The molecule has 0 fully saturated rings. The van der Waals surface area contributed by atoms with Gasteiger partial charge in [0.2, 0.25) is 0 Å². The molecule has 0 saturated carbocycles. The van der Waals surface area contributed by atoms with Crippen molar-refractivity contribution in [3.05, 3.63) is 0 Å². The van der Waals surface area contributed by atoms with Gasteiger partial charge in [-0.15, -0.1) is 0 Å². The molecule has 0 aliphatic heterocycles. The van der Waals surface area contributed by atoms with Gasteiger partial charge in [-0.05, 0) is 0 Å². The molecule has 0 atom stereocenters. The number of aliphatic hydroxyl groups is 2. The van der Waals surface area contributed by atoms with Crippen molar-refractivity contribution < 1.29 is 14.6 Å².